The molecule has 158 valence electrons. The maximum atomic E-state index is 12.3. The van der Waals surface area contributed by atoms with Crippen LogP contribution < -0.4 is 15.5 Å². The number of carbonyl (C=O) groups is 1. The molecule has 1 aliphatic carbocycles. The van der Waals surface area contributed by atoms with Gasteiger partial charge >= 0.3 is 0 Å². The van der Waals surface area contributed by atoms with Crippen LogP contribution in [-0.4, -0.2) is 37.6 Å². The summed E-state index contributed by atoms with van der Waals surface area (Å²) in [5.41, 5.74) is 7.73. The van der Waals surface area contributed by atoms with Crippen LogP contribution in [0.2, 0.25) is 0 Å². The molecule has 1 heterocycles. The highest BCUT2D eigenvalue weighted by molar-refractivity contribution is 8.14. The predicted molar refractivity (Wildman–Crippen MR) is 120 cm³/mol. The van der Waals surface area contributed by atoms with E-state index in [0.717, 1.165) is 47.2 Å². The topological polar surface area (TPSA) is 72.0 Å². The molecule has 1 amide bonds. The molecule has 2 aliphatic rings. The summed E-state index contributed by atoms with van der Waals surface area (Å²) in [6.45, 7) is 2.91. The molecular formula is C23H27N3O3S. The van der Waals surface area contributed by atoms with Gasteiger partial charge in [0.2, 0.25) is 0 Å². The van der Waals surface area contributed by atoms with Crippen molar-refractivity contribution in [1.29, 1.82) is 0 Å². The number of ether oxygens (including phenoxy) is 1. The number of para-hydroxylation sites is 1. The lowest BCUT2D eigenvalue weighted by Gasteiger charge is -2.29. The van der Waals surface area contributed by atoms with Gasteiger partial charge < -0.3 is 10.1 Å². The van der Waals surface area contributed by atoms with Gasteiger partial charge in [-0.05, 0) is 48.6 Å². The van der Waals surface area contributed by atoms with Gasteiger partial charge in [0, 0.05) is 22.8 Å². The molecule has 2 aromatic rings. The van der Waals surface area contributed by atoms with Gasteiger partial charge in [-0.3, -0.25) is 14.6 Å². The van der Waals surface area contributed by atoms with Crippen molar-refractivity contribution in [2.24, 2.45) is 4.99 Å². The lowest BCUT2D eigenvalue weighted by molar-refractivity contribution is 0.0537. The fourth-order valence-electron chi connectivity index (χ4n) is 4.42. The Kier molecular flexibility index (Phi) is 6.29. The Morgan fingerprint density at radius 3 is 2.87 bits per heavy atom. The maximum absolute atomic E-state index is 12.3. The van der Waals surface area contributed by atoms with Crippen molar-refractivity contribution < 1.29 is 14.4 Å². The molecule has 30 heavy (non-hydrogen) atoms. The molecule has 0 radical (unpaired) electrons. The van der Waals surface area contributed by atoms with E-state index in [1.54, 1.807) is 18.9 Å². The first-order valence-corrected chi connectivity index (χ1v) is 11.1. The van der Waals surface area contributed by atoms with Crippen LogP contribution in [0.1, 0.15) is 51.0 Å². The number of amidine groups is 1. The average molecular weight is 426 g/mol. The van der Waals surface area contributed by atoms with Gasteiger partial charge in [-0.1, -0.05) is 36.0 Å². The number of nitrogens with zero attached hydrogens (tertiary/aromatic N) is 1. The molecule has 0 saturated heterocycles. The Morgan fingerprint density at radius 2 is 2.13 bits per heavy atom. The van der Waals surface area contributed by atoms with Crippen LogP contribution in [0.5, 0.6) is 5.75 Å². The number of aliphatic imine (C=N–C) groups is 1. The van der Waals surface area contributed by atoms with Gasteiger partial charge in [0.25, 0.3) is 5.91 Å². The van der Waals surface area contributed by atoms with Gasteiger partial charge in [-0.15, -0.1) is 0 Å². The molecule has 0 fully saturated rings. The summed E-state index contributed by atoms with van der Waals surface area (Å²) < 4.78 is 5.80. The molecule has 7 heteroatoms. The van der Waals surface area contributed by atoms with E-state index in [-0.39, 0.29) is 17.9 Å². The summed E-state index contributed by atoms with van der Waals surface area (Å²) in [5.74, 6) is 1.87. The third kappa shape index (κ3) is 4.04. The minimum absolute atomic E-state index is 0.00573. The van der Waals surface area contributed by atoms with Crippen molar-refractivity contribution in [2.45, 2.75) is 31.7 Å². The van der Waals surface area contributed by atoms with Crippen LogP contribution in [0.3, 0.4) is 0 Å². The third-order valence-corrected chi connectivity index (χ3v) is 6.68. The smallest absolute Gasteiger partial charge is 0.274 e. The van der Waals surface area contributed by atoms with Crippen LogP contribution in [0.25, 0.3) is 0 Å². The third-order valence-electron chi connectivity index (χ3n) is 5.78. The molecule has 4 rings (SSSR count). The highest BCUT2D eigenvalue weighted by Crippen LogP contribution is 2.45. The number of rotatable bonds is 6. The summed E-state index contributed by atoms with van der Waals surface area (Å²) in [7, 11) is 3.17. The van der Waals surface area contributed by atoms with Crippen LogP contribution in [-0.2, 0) is 11.3 Å². The van der Waals surface area contributed by atoms with Gasteiger partial charge in [-0.25, -0.2) is 5.48 Å². The first kappa shape index (κ1) is 20.8. The normalized spacial score (nSPS) is 18.5. The minimum Gasteiger partial charge on any atom is -0.496 e. The molecule has 0 bridgehead atoms. The number of hydrogen-bond acceptors (Lipinski definition) is 6. The summed E-state index contributed by atoms with van der Waals surface area (Å²) in [6, 6.07) is 12.2. The number of benzene rings is 2. The first-order chi connectivity index (χ1) is 14.6. The standard InChI is InChI=1S/C23H27N3O3S/c1-14-5-4-6-18(21(14)28-2)20(25-23-24-11-12-30-23)17-10-9-15-7-8-16(13-19(15)17)22(27)26-29-3/h4-8,13,17,20H,9-12H2,1-3H3,(H,24,25)(H,26,27). The van der Waals surface area contributed by atoms with Gasteiger partial charge in [0.05, 0.1) is 26.8 Å². The number of hydrogen-bond donors (Lipinski definition) is 2. The number of methoxy groups -OCH3 is 1. The predicted octanol–water partition coefficient (Wildman–Crippen LogP) is 3.76. The van der Waals surface area contributed by atoms with Crippen LogP contribution in [0.15, 0.2) is 41.4 Å². The Balaban J connectivity index is 1.75. The van der Waals surface area contributed by atoms with E-state index in [1.807, 2.05) is 12.1 Å². The summed E-state index contributed by atoms with van der Waals surface area (Å²) in [4.78, 5) is 21.8. The molecular weight excluding hydrogens is 398 g/mol. The fraction of sp³-hybridized carbons (Fsp3) is 0.391. The van der Waals surface area contributed by atoms with Crippen molar-refractivity contribution in [3.8, 4) is 5.75 Å². The van der Waals surface area contributed by atoms with Crippen molar-refractivity contribution in [3.05, 3.63) is 64.2 Å². The number of fused-ring (bicyclic) bond motifs is 1. The summed E-state index contributed by atoms with van der Waals surface area (Å²) >= 11 is 1.76. The molecule has 6 nitrogen and oxygen atoms in total. The monoisotopic (exact) mass is 425 g/mol. The Bertz CT molecular complexity index is 976. The molecule has 2 aromatic carbocycles. The largest absolute Gasteiger partial charge is 0.496 e. The zero-order chi connectivity index (χ0) is 21.1. The highest BCUT2D eigenvalue weighted by atomic mass is 32.2. The second kappa shape index (κ2) is 9.10. The van der Waals surface area contributed by atoms with Crippen molar-refractivity contribution in [3.63, 3.8) is 0 Å². The number of hydroxylamine groups is 1. The number of thioether (sulfide) groups is 1. The zero-order valence-electron chi connectivity index (χ0n) is 17.5. The molecule has 1 aliphatic heterocycles. The molecule has 2 N–H and O–H groups in total. The Labute approximate surface area is 181 Å². The van der Waals surface area contributed by atoms with E-state index in [4.69, 9.17) is 9.57 Å². The second-order valence-corrected chi connectivity index (χ2v) is 8.63. The Morgan fingerprint density at radius 1 is 1.27 bits per heavy atom. The van der Waals surface area contributed by atoms with E-state index in [9.17, 15) is 4.79 Å². The summed E-state index contributed by atoms with van der Waals surface area (Å²) in [6.07, 6.45) is 1.98. The van der Waals surface area contributed by atoms with E-state index >= 15 is 0 Å². The highest BCUT2D eigenvalue weighted by Gasteiger charge is 2.34. The van der Waals surface area contributed by atoms with E-state index in [1.165, 1.54) is 18.2 Å². The van der Waals surface area contributed by atoms with Gasteiger partial charge in [0.1, 0.15) is 5.75 Å². The molecule has 0 aromatic heterocycles. The van der Waals surface area contributed by atoms with Crippen LogP contribution in [0, 0.1) is 6.92 Å². The van der Waals surface area contributed by atoms with E-state index in [0.29, 0.717) is 5.56 Å². The number of aryl methyl sites for hydroxylation is 2. The lowest BCUT2D eigenvalue weighted by Crippen LogP contribution is -2.30. The number of nitrogens with one attached hydrogen (secondary N) is 2. The van der Waals surface area contributed by atoms with Crippen molar-refractivity contribution in [2.75, 3.05) is 26.5 Å². The molecule has 0 saturated carbocycles. The van der Waals surface area contributed by atoms with E-state index in [2.05, 4.69) is 47.0 Å². The number of amides is 1. The van der Waals surface area contributed by atoms with E-state index < -0.39 is 0 Å². The molecule has 2 atom stereocenters. The van der Waals surface area contributed by atoms with Gasteiger partial charge in [0.15, 0.2) is 5.17 Å². The molecule has 2 unspecified atom stereocenters. The fourth-order valence-corrected chi connectivity index (χ4v) is 5.19. The maximum Gasteiger partial charge on any atom is 0.274 e. The zero-order valence-corrected chi connectivity index (χ0v) is 18.3. The van der Waals surface area contributed by atoms with Gasteiger partial charge in [-0.2, -0.15) is 0 Å². The minimum atomic E-state index is -0.237. The molecule has 0 spiro atoms. The average Bonchev–Trinajstić information content (AvgIpc) is 3.41. The van der Waals surface area contributed by atoms with Crippen molar-refractivity contribution in [1.82, 2.24) is 10.8 Å². The van der Waals surface area contributed by atoms with Crippen LogP contribution >= 0.6 is 11.8 Å². The first-order valence-electron chi connectivity index (χ1n) is 10.2. The van der Waals surface area contributed by atoms with Crippen LogP contribution in [0.4, 0.5) is 0 Å². The second-order valence-electron chi connectivity index (χ2n) is 7.55. The number of carbonyl (C=O) groups excluding carboxylic acids is 1. The Hall–Kier alpha value is -2.51. The SMILES string of the molecule is CONC(=O)c1ccc2c(c1)C(C(NC1=NCCS1)c1cccc(C)c1OC)CC2. The quantitative estimate of drug-likeness (QED) is 0.690. The summed E-state index contributed by atoms with van der Waals surface area (Å²) in [5, 5.41) is 4.68. The van der Waals surface area contributed by atoms with Crippen molar-refractivity contribution >= 4 is 22.8 Å². The lowest BCUT2D eigenvalue weighted by atomic mass is 9.86.